The number of hydrogen-bond acceptors (Lipinski definition) is 6. The van der Waals surface area contributed by atoms with E-state index in [9.17, 15) is 13.2 Å². The first-order valence-electron chi connectivity index (χ1n) is 5.31. The molecular weight excluding hydrogens is 320 g/mol. The molecule has 0 unspecified atom stereocenters. The van der Waals surface area contributed by atoms with Crippen LogP contribution in [0.1, 0.15) is 11.4 Å². The van der Waals surface area contributed by atoms with Gasteiger partial charge in [0.15, 0.2) is 0 Å². The summed E-state index contributed by atoms with van der Waals surface area (Å²) in [6, 6.07) is 2.84. The van der Waals surface area contributed by atoms with E-state index >= 15 is 0 Å². The minimum atomic E-state index is -3.82. The second-order valence-corrected chi connectivity index (χ2v) is 6.73. The largest absolute Gasteiger partial charge is 0.388 e. The molecule has 0 radical (unpaired) electrons. The zero-order chi connectivity index (χ0) is 14.8. The van der Waals surface area contributed by atoms with Crippen molar-refractivity contribution in [3.05, 3.63) is 44.8 Å². The Morgan fingerprint density at radius 1 is 1.55 bits per heavy atom. The van der Waals surface area contributed by atoms with Crippen molar-refractivity contribution in [1.82, 2.24) is 14.7 Å². The van der Waals surface area contributed by atoms with Crippen LogP contribution in [0, 0.1) is 0 Å². The van der Waals surface area contributed by atoms with Gasteiger partial charge in [-0.25, -0.2) is 13.1 Å². The Morgan fingerprint density at radius 2 is 2.30 bits per heavy atom. The van der Waals surface area contributed by atoms with Crippen molar-refractivity contribution in [1.29, 1.82) is 0 Å². The second-order valence-electron chi connectivity index (χ2n) is 3.71. The first kappa shape index (κ1) is 14.8. The number of nitrogens with one attached hydrogen (secondary N) is 2. The molecule has 0 saturated heterocycles. The monoisotopic (exact) mass is 330 g/mol. The molecule has 106 valence electrons. The van der Waals surface area contributed by atoms with Gasteiger partial charge in [-0.15, -0.1) is 0 Å². The number of thiazole rings is 1. The molecule has 0 fully saturated rings. The summed E-state index contributed by atoms with van der Waals surface area (Å²) in [5, 5.41) is 1.54. The normalized spacial score (nSPS) is 11.4. The zero-order valence-corrected chi connectivity index (χ0v) is 12.4. The average molecular weight is 330 g/mol. The molecule has 0 spiro atoms. The summed E-state index contributed by atoms with van der Waals surface area (Å²) in [6.07, 6.45) is 1.41. The molecular formula is C10H10N4O3S3. The summed E-state index contributed by atoms with van der Waals surface area (Å²) in [5.74, 6) is 0. The molecule has 0 atom stereocenters. The smallest absolute Gasteiger partial charge is 0.304 e. The van der Waals surface area contributed by atoms with Crippen LogP contribution in [0.15, 0.2) is 33.4 Å². The van der Waals surface area contributed by atoms with Gasteiger partial charge in [-0.05, 0) is 12.1 Å². The molecule has 0 saturated carbocycles. The summed E-state index contributed by atoms with van der Waals surface area (Å²) in [7, 11) is -3.82. The van der Waals surface area contributed by atoms with Gasteiger partial charge in [0.1, 0.15) is 15.6 Å². The molecule has 0 aliphatic rings. The van der Waals surface area contributed by atoms with Crippen LogP contribution in [0.5, 0.6) is 0 Å². The van der Waals surface area contributed by atoms with Gasteiger partial charge in [-0.3, -0.25) is 9.78 Å². The van der Waals surface area contributed by atoms with Crippen molar-refractivity contribution in [2.24, 2.45) is 5.73 Å². The highest BCUT2D eigenvalue weighted by molar-refractivity contribution is 7.89. The number of nitrogens with two attached hydrogens (primary N) is 1. The van der Waals surface area contributed by atoms with Crippen LogP contribution in [0.3, 0.4) is 0 Å². The van der Waals surface area contributed by atoms with Crippen LogP contribution in [0.2, 0.25) is 0 Å². The van der Waals surface area contributed by atoms with E-state index in [0.29, 0.717) is 5.69 Å². The number of hydrogen-bond donors (Lipinski definition) is 3. The Balaban J connectivity index is 2.27. The van der Waals surface area contributed by atoms with Crippen LogP contribution in [-0.4, -0.2) is 23.4 Å². The van der Waals surface area contributed by atoms with Gasteiger partial charge < -0.3 is 10.7 Å². The number of thiocarbonyl (C=S) groups is 1. The van der Waals surface area contributed by atoms with Gasteiger partial charge in [0.2, 0.25) is 10.0 Å². The molecule has 2 rings (SSSR count). The van der Waals surface area contributed by atoms with Crippen molar-refractivity contribution < 1.29 is 8.42 Å². The number of nitrogens with zero attached hydrogens (tertiary/aromatic N) is 1. The molecule has 20 heavy (non-hydrogen) atoms. The lowest BCUT2D eigenvalue weighted by Crippen LogP contribution is -2.27. The molecule has 0 bridgehead atoms. The van der Waals surface area contributed by atoms with Crippen molar-refractivity contribution in [2.75, 3.05) is 0 Å². The molecule has 7 nitrogen and oxygen atoms in total. The van der Waals surface area contributed by atoms with Crippen molar-refractivity contribution >= 4 is 38.6 Å². The third-order valence-corrected chi connectivity index (χ3v) is 4.66. The molecule has 4 N–H and O–H groups in total. The first-order valence-corrected chi connectivity index (χ1v) is 8.08. The van der Waals surface area contributed by atoms with E-state index in [4.69, 9.17) is 18.0 Å². The van der Waals surface area contributed by atoms with Gasteiger partial charge in [0.05, 0.1) is 6.54 Å². The van der Waals surface area contributed by atoms with Gasteiger partial charge in [0.25, 0.3) is 0 Å². The Labute approximate surface area is 123 Å². The Kier molecular flexibility index (Phi) is 4.28. The number of rotatable bonds is 5. The third-order valence-electron chi connectivity index (χ3n) is 2.32. The van der Waals surface area contributed by atoms with Crippen LogP contribution in [0.25, 0.3) is 0 Å². The Bertz CT molecular complexity index is 794. The van der Waals surface area contributed by atoms with E-state index in [2.05, 4.69) is 14.7 Å². The molecule has 10 heteroatoms. The fraction of sp³-hybridized carbons (Fsp3) is 0.100. The standard InChI is InChI=1S/C10H10N4O3S3/c11-9(18)8-7(2-1-3-12-8)20(16,17)13-4-6-5-19-10(15)14-6/h1-3,5,13H,4H2,(H2,11,18)(H,14,15). The zero-order valence-electron chi connectivity index (χ0n) is 9.99. The highest BCUT2D eigenvalue weighted by Gasteiger charge is 2.20. The molecule has 2 aromatic heterocycles. The maximum atomic E-state index is 12.2. The third kappa shape index (κ3) is 3.28. The van der Waals surface area contributed by atoms with Crippen LogP contribution >= 0.6 is 23.6 Å². The van der Waals surface area contributed by atoms with Crippen LogP contribution < -0.4 is 15.3 Å². The maximum Gasteiger partial charge on any atom is 0.304 e. The summed E-state index contributed by atoms with van der Waals surface area (Å²) in [4.78, 5) is 16.9. The molecule has 0 amide bonds. The van der Waals surface area contributed by atoms with Crippen LogP contribution in [-0.2, 0) is 16.6 Å². The number of aromatic nitrogens is 2. The lowest BCUT2D eigenvalue weighted by atomic mass is 10.3. The highest BCUT2D eigenvalue weighted by atomic mass is 32.2. The van der Waals surface area contributed by atoms with Crippen molar-refractivity contribution in [3.8, 4) is 0 Å². The number of pyridine rings is 1. The lowest BCUT2D eigenvalue weighted by molar-refractivity contribution is 0.580. The number of aromatic amines is 1. The number of sulfonamides is 1. The predicted molar refractivity (Wildman–Crippen MR) is 79.1 cm³/mol. The summed E-state index contributed by atoms with van der Waals surface area (Å²) in [6.45, 7) is -0.0350. The van der Waals surface area contributed by atoms with Gasteiger partial charge in [-0.1, -0.05) is 23.6 Å². The molecule has 0 aliphatic carbocycles. The van der Waals surface area contributed by atoms with E-state index in [-0.39, 0.29) is 27.0 Å². The van der Waals surface area contributed by atoms with E-state index in [0.717, 1.165) is 11.3 Å². The summed E-state index contributed by atoms with van der Waals surface area (Å²) in [5.41, 5.74) is 5.96. The van der Waals surface area contributed by atoms with Crippen molar-refractivity contribution in [3.63, 3.8) is 0 Å². The molecule has 0 aromatic carbocycles. The SMILES string of the molecule is NC(=S)c1ncccc1S(=O)(=O)NCc1csc(=O)[nH]1. The maximum absolute atomic E-state index is 12.2. The highest BCUT2D eigenvalue weighted by Crippen LogP contribution is 2.13. The summed E-state index contributed by atoms with van der Waals surface area (Å²) >= 11 is 5.74. The minimum absolute atomic E-state index is 0.0350. The summed E-state index contributed by atoms with van der Waals surface area (Å²) < 4.78 is 26.7. The van der Waals surface area contributed by atoms with E-state index in [1.54, 1.807) is 5.38 Å². The Hall–Kier alpha value is -1.62. The van der Waals surface area contributed by atoms with Crippen molar-refractivity contribution in [2.45, 2.75) is 11.4 Å². The van der Waals surface area contributed by atoms with Gasteiger partial charge in [0, 0.05) is 17.3 Å². The van der Waals surface area contributed by atoms with E-state index < -0.39 is 10.0 Å². The minimum Gasteiger partial charge on any atom is -0.388 e. The molecule has 2 aromatic rings. The van der Waals surface area contributed by atoms with Gasteiger partial charge in [-0.2, -0.15) is 0 Å². The van der Waals surface area contributed by atoms with E-state index in [1.807, 2.05) is 0 Å². The average Bonchev–Trinajstić information content (AvgIpc) is 2.82. The van der Waals surface area contributed by atoms with E-state index in [1.165, 1.54) is 18.3 Å². The quantitative estimate of drug-likeness (QED) is 0.661. The Morgan fingerprint density at radius 3 is 2.90 bits per heavy atom. The molecule has 2 heterocycles. The fourth-order valence-corrected chi connectivity index (χ4v) is 3.43. The predicted octanol–water partition coefficient (Wildman–Crippen LogP) is -0.0559. The second kappa shape index (κ2) is 5.79. The first-order chi connectivity index (χ1) is 9.40. The van der Waals surface area contributed by atoms with Gasteiger partial charge >= 0.3 is 4.87 Å². The topological polar surface area (TPSA) is 118 Å². The number of H-pyrrole nitrogens is 1. The molecule has 0 aliphatic heterocycles. The van der Waals surface area contributed by atoms with Crippen LogP contribution in [0.4, 0.5) is 0 Å². The fourth-order valence-electron chi connectivity index (χ4n) is 1.44. The lowest BCUT2D eigenvalue weighted by Gasteiger charge is -2.08.